The summed E-state index contributed by atoms with van der Waals surface area (Å²) in [5.74, 6) is 0.997. The highest BCUT2D eigenvalue weighted by molar-refractivity contribution is 6.31. The van der Waals surface area contributed by atoms with Gasteiger partial charge in [-0.25, -0.2) is 4.98 Å². The number of benzene rings is 2. The number of H-pyrrole nitrogens is 1. The molecule has 0 amide bonds. The van der Waals surface area contributed by atoms with E-state index in [1.54, 1.807) is 0 Å². The maximum atomic E-state index is 13.0. The molecule has 0 saturated carbocycles. The van der Waals surface area contributed by atoms with Crippen LogP contribution in [0.25, 0.3) is 5.78 Å². The van der Waals surface area contributed by atoms with Gasteiger partial charge in [0, 0.05) is 22.7 Å². The van der Waals surface area contributed by atoms with Gasteiger partial charge in [0.25, 0.3) is 11.3 Å². The Hall–Kier alpha value is -3.12. The Kier molecular flexibility index (Phi) is 5.11. The fourth-order valence-corrected chi connectivity index (χ4v) is 3.36. The predicted octanol–water partition coefficient (Wildman–Crippen LogP) is 4.20. The van der Waals surface area contributed by atoms with Gasteiger partial charge in [0.2, 0.25) is 0 Å². The molecule has 2 N–H and O–H groups in total. The molecule has 0 aliphatic heterocycles. The number of fused-ring (bicyclic) bond motifs is 1. The van der Waals surface area contributed by atoms with Crippen LogP contribution in [-0.2, 0) is 13.0 Å². The van der Waals surface area contributed by atoms with Crippen molar-refractivity contribution in [2.24, 2.45) is 0 Å². The topological polar surface area (TPSA) is 75.1 Å². The fraction of sp³-hybridized carbons (Fsp3) is 0.227. The molecule has 0 radical (unpaired) electrons. The lowest BCUT2D eigenvalue weighted by Gasteiger charge is -2.06. The Morgan fingerprint density at radius 3 is 2.55 bits per heavy atom. The Balaban J connectivity index is 1.60. The third kappa shape index (κ3) is 4.03. The number of anilines is 1. The Labute approximate surface area is 173 Å². The molecule has 4 aromatic rings. The number of aromatic amines is 1. The lowest BCUT2D eigenvalue weighted by atomic mass is 10.0. The Bertz CT molecular complexity index is 1240. The number of aromatic nitrogens is 4. The average molecular weight is 408 g/mol. The fourth-order valence-electron chi connectivity index (χ4n) is 3.18. The number of hydrogen-bond donors (Lipinski definition) is 2. The lowest BCUT2D eigenvalue weighted by molar-refractivity contribution is 0.832. The van der Waals surface area contributed by atoms with E-state index in [0.717, 1.165) is 16.8 Å². The summed E-state index contributed by atoms with van der Waals surface area (Å²) in [5, 5.41) is 7.02. The molecule has 0 bridgehead atoms. The van der Waals surface area contributed by atoms with E-state index >= 15 is 0 Å². The van der Waals surface area contributed by atoms with Gasteiger partial charge in [0.05, 0.1) is 12.2 Å². The van der Waals surface area contributed by atoms with Gasteiger partial charge in [-0.3, -0.25) is 9.89 Å². The second-order valence-electron chi connectivity index (χ2n) is 7.27. The van der Waals surface area contributed by atoms with Gasteiger partial charge in [0.15, 0.2) is 0 Å². The number of nitrogens with zero attached hydrogens (tertiary/aromatic N) is 3. The number of aryl methyl sites for hydroxylation is 3. The summed E-state index contributed by atoms with van der Waals surface area (Å²) in [6, 6.07) is 14.0. The van der Waals surface area contributed by atoms with Crippen LogP contribution in [0.1, 0.15) is 33.8 Å². The molecule has 6 nitrogen and oxygen atoms in total. The van der Waals surface area contributed by atoms with Crippen molar-refractivity contribution in [2.45, 2.75) is 33.7 Å². The van der Waals surface area contributed by atoms with Crippen molar-refractivity contribution >= 4 is 23.1 Å². The monoisotopic (exact) mass is 407 g/mol. The molecule has 0 aliphatic carbocycles. The molecule has 0 unspecified atom stereocenters. The molecule has 4 rings (SSSR count). The van der Waals surface area contributed by atoms with Gasteiger partial charge >= 0.3 is 0 Å². The van der Waals surface area contributed by atoms with Crippen molar-refractivity contribution in [1.29, 1.82) is 0 Å². The van der Waals surface area contributed by atoms with Crippen molar-refractivity contribution in [3.8, 4) is 0 Å². The standard InChI is InChI=1S/C22H22ClN5O/c1-13-4-7-16(8-5-13)10-18-15(3)25-22-26-20(27-28(22)21(18)29)12-24-17-9-6-14(2)19(23)11-17/h4-9,11,24H,10,12H2,1-3H3,(H,25,26,27). The normalized spacial score (nSPS) is 11.2. The minimum absolute atomic E-state index is 0.120. The van der Waals surface area contributed by atoms with Crippen LogP contribution in [0.5, 0.6) is 0 Å². The zero-order valence-electron chi connectivity index (χ0n) is 16.6. The highest BCUT2D eigenvalue weighted by atomic mass is 35.5. The van der Waals surface area contributed by atoms with E-state index in [-0.39, 0.29) is 5.56 Å². The molecule has 2 aromatic carbocycles. The first-order valence-corrected chi connectivity index (χ1v) is 9.81. The maximum Gasteiger partial charge on any atom is 0.277 e. The van der Waals surface area contributed by atoms with Crippen LogP contribution in [0.2, 0.25) is 5.02 Å². The largest absolute Gasteiger partial charge is 0.378 e. The first-order chi connectivity index (χ1) is 13.9. The molecule has 29 heavy (non-hydrogen) atoms. The molecule has 0 atom stereocenters. The zero-order chi connectivity index (χ0) is 20.5. The zero-order valence-corrected chi connectivity index (χ0v) is 17.3. The summed E-state index contributed by atoms with van der Waals surface area (Å²) in [6.45, 7) is 6.28. The molecule has 148 valence electrons. The van der Waals surface area contributed by atoms with Crippen LogP contribution in [-0.4, -0.2) is 19.6 Å². The first-order valence-electron chi connectivity index (χ1n) is 9.43. The average Bonchev–Trinajstić information content (AvgIpc) is 3.10. The summed E-state index contributed by atoms with van der Waals surface area (Å²) < 4.78 is 1.41. The molecule has 2 heterocycles. The quantitative estimate of drug-likeness (QED) is 0.520. The third-order valence-corrected chi connectivity index (χ3v) is 5.38. The molecule has 0 spiro atoms. The van der Waals surface area contributed by atoms with Crippen LogP contribution in [0.4, 0.5) is 5.69 Å². The van der Waals surface area contributed by atoms with E-state index in [1.807, 2.05) is 63.2 Å². The van der Waals surface area contributed by atoms with E-state index < -0.39 is 0 Å². The summed E-state index contributed by atoms with van der Waals surface area (Å²) in [5.41, 5.74) is 5.43. The molecule has 0 aliphatic rings. The molecule has 7 heteroatoms. The van der Waals surface area contributed by atoms with Crippen LogP contribution >= 0.6 is 11.6 Å². The Morgan fingerprint density at radius 1 is 1.07 bits per heavy atom. The maximum absolute atomic E-state index is 13.0. The van der Waals surface area contributed by atoms with Crippen LogP contribution < -0.4 is 10.9 Å². The molecular formula is C22H22ClN5O. The van der Waals surface area contributed by atoms with Crippen LogP contribution in [0.15, 0.2) is 47.3 Å². The molecule has 0 fully saturated rings. The van der Waals surface area contributed by atoms with Gasteiger partial charge in [0.1, 0.15) is 5.82 Å². The minimum atomic E-state index is -0.120. The van der Waals surface area contributed by atoms with E-state index in [1.165, 1.54) is 10.1 Å². The highest BCUT2D eigenvalue weighted by Gasteiger charge is 2.14. The summed E-state index contributed by atoms with van der Waals surface area (Å²) in [4.78, 5) is 22.0. The van der Waals surface area contributed by atoms with Gasteiger partial charge in [-0.2, -0.15) is 9.50 Å². The van der Waals surface area contributed by atoms with E-state index in [9.17, 15) is 4.79 Å². The molecular weight excluding hydrogens is 386 g/mol. The molecule has 0 saturated heterocycles. The lowest BCUT2D eigenvalue weighted by Crippen LogP contribution is -2.22. The second kappa shape index (κ2) is 7.72. The molecule has 2 aromatic heterocycles. The van der Waals surface area contributed by atoms with E-state index in [0.29, 0.717) is 40.8 Å². The van der Waals surface area contributed by atoms with Gasteiger partial charge in [-0.05, 0) is 44.0 Å². The van der Waals surface area contributed by atoms with Crippen LogP contribution in [0.3, 0.4) is 0 Å². The number of hydrogen-bond acceptors (Lipinski definition) is 4. The van der Waals surface area contributed by atoms with Crippen molar-refractivity contribution in [3.63, 3.8) is 0 Å². The van der Waals surface area contributed by atoms with Crippen molar-refractivity contribution < 1.29 is 0 Å². The van der Waals surface area contributed by atoms with Crippen molar-refractivity contribution in [2.75, 3.05) is 5.32 Å². The highest BCUT2D eigenvalue weighted by Crippen LogP contribution is 2.20. The predicted molar refractivity (Wildman–Crippen MR) is 116 cm³/mol. The smallest absolute Gasteiger partial charge is 0.277 e. The minimum Gasteiger partial charge on any atom is -0.378 e. The second-order valence-corrected chi connectivity index (χ2v) is 7.67. The number of rotatable bonds is 5. The van der Waals surface area contributed by atoms with Crippen LogP contribution in [0, 0.1) is 20.8 Å². The van der Waals surface area contributed by atoms with Gasteiger partial charge in [-0.1, -0.05) is 47.5 Å². The SMILES string of the molecule is Cc1ccc(Cc2c(C)nc3nc(CNc4ccc(C)c(Cl)c4)[nH]n3c2=O)cc1. The van der Waals surface area contributed by atoms with E-state index in [2.05, 4.69) is 20.4 Å². The number of halogens is 1. The third-order valence-electron chi connectivity index (χ3n) is 4.97. The van der Waals surface area contributed by atoms with Crippen molar-refractivity contribution in [1.82, 2.24) is 19.6 Å². The van der Waals surface area contributed by atoms with Gasteiger partial charge < -0.3 is 5.32 Å². The summed E-state index contributed by atoms with van der Waals surface area (Å²) >= 11 is 6.17. The van der Waals surface area contributed by atoms with Crippen molar-refractivity contribution in [3.05, 3.63) is 91.6 Å². The van der Waals surface area contributed by atoms with E-state index in [4.69, 9.17) is 11.6 Å². The first kappa shape index (κ1) is 19.2. The number of nitrogens with one attached hydrogen (secondary N) is 2. The summed E-state index contributed by atoms with van der Waals surface area (Å²) in [6.07, 6.45) is 0.537. The van der Waals surface area contributed by atoms with Gasteiger partial charge in [-0.15, -0.1) is 0 Å². The summed E-state index contributed by atoms with van der Waals surface area (Å²) in [7, 11) is 0. The Morgan fingerprint density at radius 2 is 1.83 bits per heavy atom.